The molecule has 18 heavy (non-hydrogen) atoms. The van der Waals surface area contributed by atoms with Crippen molar-refractivity contribution in [3.05, 3.63) is 35.4 Å². The second kappa shape index (κ2) is 4.99. The SMILES string of the molecule is O=C(O)C(=O)CC(=O)c1ccccc1C(F)(F)F. The molecule has 96 valence electrons. The first kappa shape index (κ1) is 13.9. The maximum Gasteiger partial charge on any atom is 0.417 e. The Hall–Kier alpha value is -2.18. The summed E-state index contributed by atoms with van der Waals surface area (Å²) < 4.78 is 37.7. The highest BCUT2D eigenvalue weighted by molar-refractivity contribution is 6.37. The monoisotopic (exact) mass is 260 g/mol. The third-order valence-corrected chi connectivity index (χ3v) is 2.09. The van der Waals surface area contributed by atoms with Gasteiger partial charge in [0, 0.05) is 5.56 Å². The molecule has 0 saturated heterocycles. The maximum absolute atomic E-state index is 12.6. The average molecular weight is 260 g/mol. The second-order valence-corrected chi connectivity index (χ2v) is 3.37. The van der Waals surface area contributed by atoms with Crippen LogP contribution in [0.1, 0.15) is 22.3 Å². The van der Waals surface area contributed by atoms with Crippen molar-refractivity contribution < 1.29 is 32.7 Å². The van der Waals surface area contributed by atoms with Crippen LogP contribution in [0.2, 0.25) is 0 Å². The molecule has 0 saturated carbocycles. The molecule has 0 heterocycles. The molecule has 0 fully saturated rings. The molecule has 4 nitrogen and oxygen atoms in total. The molecule has 1 rings (SSSR count). The van der Waals surface area contributed by atoms with Crippen molar-refractivity contribution in [1.29, 1.82) is 0 Å². The predicted octanol–water partition coefficient (Wildman–Crippen LogP) is 1.93. The molecule has 0 aromatic heterocycles. The Balaban J connectivity index is 3.07. The average Bonchev–Trinajstić information content (AvgIpc) is 2.27. The zero-order valence-electron chi connectivity index (χ0n) is 8.82. The zero-order chi connectivity index (χ0) is 13.9. The molecular weight excluding hydrogens is 253 g/mol. The normalized spacial score (nSPS) is 11.1. The summed E-state index contributed by atoms with van der Waals surface area (Å²) >= 11 is 0. The van der Waals surface area contributed by atoms with E-state index in [2.05, 4.69) is 0 Å². The first-order valence-corrected chi connectivity index (χ1v) is 4.69. The minimum atomic E-state index is -4.74. The van der Waals surface area contributed by atoms with E-state index in [-0.39, 0.29) is 0 Å². The molecule has 7 heteroatoms. The topological polar surface area (TPSA) is 71.4 Å². The fourth-order valence-electron chi connectivity index (χ4n) is 1.29. The van der Waals surface area contributed by atoms with Crippen molar-refractivity contribution >= 4 is 17.5 Å². The van der Waals surface area contributed by atoms with Crippen LogP contribution in [0.5, 0.6) is 0 Å². The first-order chi connectivity index (χ1) is 8.23. The van der Waals surface area contributed by atoms with Gasteiger partial charge in [0.15, 0.2) is 5.78 Å². The van der Waals surface area contributed by atoms with Crippen molar-refractivity contribution in [2.24, 2.45) is 0 Å². The molecule has 0 amide bonds. The second-order valence-electron chi connectivity index (χ2n) is 3.37. The number of rotatable bonds is 4. The highest BCUT2D eigenvalue weighted by Gasteiger charge is 2.35. The Morgan fingerprint density at radius 2 is 1.67 bits per heavy atom. The van der Waals surface area contributed by atoms with Crippen molar-refractivity contribution in [3.8, 4) is 0 Å². The summed E-state index contributed by atoms with van der Waals surface area (Å²) in [5.74, 6) is -4.47. The summed E-state index contributed by atoms with van der Waals surface area (Å²) in [4.78, 5) is 32.5. The molecule has 0 aliphatic heterocycles. The number of alkyl halides is 3. The van der Waals surface area contributed by atoms with Gasteiger partial charge in [0.25, 0.3) is 0 Å². The van der Waals surface area contributed by atoms with Crippen LogP contribution in [0.15, 0.2) is 24.3 Å². The maximum atomic E-state index is 12.6. The molecule has 1 N–H and O–H groups in total. The molecule has 0 aliphatic rings. The molecule has 0 aliphatic carbocycles. The highest BCUT2D eigenvalue weighted by Crippen LogP contribution is 2.32. The summed E-state index contributed by atoms with van der Waals surface area (Å²) in [6, 6.07) is 3.89. The van der Waals surface area contributed by atoms with E-state index in [1.54, 1.807) is 0 Å². The molecule has 0 radical (unpaired) electrons. The van der Waals surface area contributed by atoms with Gasteiger partial charge in [-0.25, -0.2) is 4.79 Å². The van der Waals surface area contributed by atoms with Gasteiger partial charge in [0.05, 0.1) is 12.0 Å². The Morgan fingerprint density at radius 1 is 1.11 bits per heavy atom. The van der Waals surface area contributed by atoms with Crippen molar-refractivity contribution in [2.75, 3.05) is 0 Å². The number of hydrogen-bond donors (Lipinski definition) is 1. The van der Waals surface area contributed by atoms with Crippen LogP contribution in [-0.2, 0) is 15.8 Å². The third-order valence-electron chi connectivity index (χ3n) is 2.09. The van der Waals surface area contributed by atoms with Gasteiger partial charge >= 0.3 is 12.1 Å². The molecule has 1 aromatic rings. The fraction of sp³-hybridized carbons (Fsp3) is 0.182. The number of ketones is 2. The van der Waals surface area contributed by atoms with Crippen LogP contribution in [0.25, 0.3) is 0 Å². The van der Waals surface area contributed by atoms with Crippen LogP contribution in [0.4, 0.5) is 13.2 Å². The molecule has 0 bridgehead atoms. The summed E-state index contributed by atoms with van der Waals surface area (Å²) in [6.45, 7) is 0. The fourth-order valence-corrected chi connectivity index (χ4v) is 1.29. The lowest BCUT2D eigenvalue weighted by molar-refractivity contribution is -0.148. The van der Waals surface area contributed by atoms with Crippen LogP contribution in [0.3, 0.4) is 0 Å². The number of Topliss-reactive ketones (excluding diaryl/α,β-unsaturated/α-hetero) is 2. The van der Waals surface area contributed by atoms with Crippen molar-refractivity contribution in [2.45, 2.75) is 12.6 Å². The van der Waals surface area contributed by atoms with Gasteiger partial charge in [-0.15, -0.1) is 0 Å². The van der Waals surface area contributed by atoms with Gasteiger partial charge in [-0.3, -0.25) is 9.59 Å². The lowest BCUT2D eigenvalue weighted by Gasteiger charge is -2.10. The number of halogens is 3. The van der Waals surface area contributed by atoms with E-state index in [1.807, 2.05) is 0 Å². The highest BCUT2D eigenvalue weighted by atomic mass is 19.4. The van der Waals surface area contributed by atoms with E-state index >= 15 is 0 Å². The van der Waals surface area contributed by atoms with Gasteiger partial charge in [-0.2, -0.15) is 13.2 Å². The van der Waals surface area contributed by atoms with Crippen LogP contribution < -0.4 is 0 Å². The van der Waals surface area contributed by atoms with E-state index in [1.165, 1.54) is 6.07 Å². The van der Waals surface area contributed by atoms with Gasteiger partial charge in [0.2, 0.25) is 5.78 Å². The number of benzene rings is 1. The van der Waals surface area contributed by atoms with Crippen molar-refractivity contribution in [3.63, 3.8) is 0 Å². The van der Waals surface area contributed by atoms with Gasteiger partial charge < -0.3 is 5.11 Å². The Morgan fingerprint density at radius 3 is 2.17 bits per heavy atom. The number of carbonyl (C=O) groups is 3. The van der Waals surface area contributed by atoms with Gasteiger partial charge in [0.1, 0.15) is 0 Å². The minimum Gasteiger partial charge on any atom is -0.475 e. The molecule has 1 aromatic carbocycles. The number of hydrogen-bond acceptors (Lipinski definition) is 3. The van der Waals surface area contributed by atoms with E-state index in [0.29, 0.717) is 6.07 Å². The quantitative estimate of drug-likeness (QED) is 0.510. The lowest BCUT2D eigenvalue weighted by Crippen LogP contribution is -2.19. The number of carboxylic acids is 1. The standard InChI is InChI=1S/C11H7F3O4/c12-11(13,14)7-4-2-1-3-6(7)8(15)5-9(16)10(17)18/h1-4H,5H2,(H,17,18). The lowest BCUT2D eigenvalue weighted by atomic mass is 10.00. The van der Waals surface area contributed by atoms with E-state index in [0.717, 1.165) is 12.1 Å². The summed E-state index contributed by atoms with van der Waals surface area (Å²) in [5.41, 5.74) is -1.90. The van der Waals surface area contributed by atoms with E-state index < -0.39 is 41.3 Å². The summed E-state index contributed by atoms with van der Waals surface area (Å²) in [7, 11) is 0. The Bertz CT molecular complexity index is 505. The van der Waals surface area contributed by atoms with Crippen LogP contribution >= 0.6 is 0 Å². The predicted molar refractivity (Wildman–Crippen MR) is 53.0 cm³/mol. The largest absolute Gasteiger partial charge is 0.475 e. The zero-order valence-corrected chi connectivity index (χ0v) is 8.82. The third kappa shape index (κ3) is 3.16. The Kier molecular flexibility index (Phi) is 3.85. The number of aliphatic carboxylic acids is 1. The van der Waals surface area contributed by atoms with Crippen LogP contribution in [0, 0.1) is 0 Å². The van der Waals surface area contributed by atoms with Crippen molar-refractivity contribution in [1.82, 2.24) is 0 Å². The number of carboxylic acid groups (broad SMARTS) is 1. The van der Waals surface area contributed by atoms with E-state index in [4.69, 9.17) is 5.11 Å². The molecular formula is C11H7F3O4. The summed E-state index contributed by atoms with van der Waals surface area (Å²) in [6.07, 6.45) is -5.83. The minimum absolute atomic E-state index is 0.693. The smallest absolute Gasteiger partial charge is 0.417 e. The van der Waals surface area contributed by atoms with Crippen LogP contribution in [-0.4, -0.2) is 22.6 Å². The van der Waals surface area contributed by atoms with Gasteiger partial charge in [-0.1, -0.05) is 18.2 Å². The first-order valence-electron chi connectivity index (χ1n) is 4.69. The molecule has 0 unspecified atom stereocenters. The number of carbonyl (C=O) groups excluding carboxylic acids is 2. The van der Waals surface area contributed by atoms with Gasteiger partial charge in [-0.05, 0) is 6.07 Å². The Labute approximate surface area is 99.0 Å². The van der Waals surface area contributed by atoms with E-state index in [9.17, 15) is 27.6 Å². The molecule has 0 spiro atoms. The summed E-state index contributed by atoms with van der Waals surface area (Å²) in [5, 5.41) is 8.28. The molecule has 0 atom stereocenters.